The molecule has 0 bridgehead atoms. The van der Waals surface area contributed by atoms with Crippen molar-refractivity contribution in [2.24, 2.45) is 5.41 Å². The minimum absolute atomic E-state index is 0.00640. The van der Waals surface area contributed by atoms with Crippen LogP contribution < -0.4 is 0 Å². The smallest absolute Gasteiger partial charge is 0.401 e. The molecule has 0 atom stereocenters. The Balaban J connectivity index is 4.12. The van der Waals surface area contributed by atoms with Gasteiger partial charge in [0.1, 0.15) is 0 Å². The molecule has 0 aromatic carbocycles. The normalized spacial score (nSPS) is 10.5. The lowest BCUT2D eigenvalue weighted by Crippen LogP contribution is -2.22. The van der Waals surface area contributed by atoms with Crippen LogP contribution in [0.25, 0.3) is 0 Å². The molecule has 0 aliphatic rings. The SMILES string of the molecule is CCOB(C#CC(C)(C)C)OCC. The molecule has 0 saturated heterocycles. The van der Waals surface area contributed by atoms with Gasteiger partial charge in [-0.05, 0) is 34.6 Å². The molecule has 13 heavy (non-hydrogen) atoms. The summed E-state index contributed by atoms with van der Waals surface area (Å²) < 4.78 is 10.6. The second-order valence-corrected chi connectivity index (χ2v) is 3.76. The van der Waals surface area contributed by atoms with Gasteiger partial charge >= 0.3 is 7.12 Å². The van der Waals surface area contributed by atoms with Crippen molar-refractivity contribution < 1.29 is 9.31 Å². The molecule has 0 aliphatic carbocycles. The van der Waals surface area contributed by atoms with E-state index in [0.717, 1.165) is 0 Å². The zero-order valence-corrected chi connectivity index (χ0v) is 9.31. The van der Waals surface area contributed by atoms with E-state index >= 15 is 0 Å². The molecule has 0 amide bonds. The molecule has 0 rings (SSSR count). The molecule has 0 radical (unpaired) electrons. The highest BCUT2D eigenvalue weighted by molar-refractivity contribution is 6.54. The first kappa shape index (κ1) is 12.5. The molecule has 2 nitrogen and oxygen atoms in total. The average Bonchev–Trinajstić information content (AvgIpc) is 2.00. The molecular formula is C10H19BO2. The monoisotopic (exact) mass is 182 g/mol. The lowest BCUT2D eigenvalue weighted by atomic mass is 9.87. The van der Waals surface area contributed by atoms with Crippen molar-refractivity contribution in [3.63, 3.8) is 0 Å². The van der Waals surface area contributed by atoms with Gasteiger partial charge in [-0.1, -0.05) is 5.82 Å². The fraction of sp³-hybridized carbons (Fsp3) is 0.800. The predicted octanol–water partition coefficient (Wildman–Crippen LogP) is 2.14. The Labute approximate surface area is 82.1 Å². The van der Waals surface area contributed by atoms with Gasteiger partial charge in [0.25, 0.3) is 0 Å². The zero-order chi connectivity index (χ0) is 10.3. The molecule has 0 aromatic rings. The number of hydrogen-bond acceptors (Lipinski definition) is 2. The summed E-state index contributed by atoms with van der Waals surface area (Å²) in [7, 11) is -0.366. The summed E-state index contributed by atoms with van der Waals surface area (Å²) in [5.74, 6) is 6.06. The highest BCUT2D eigenvalue weighted by Crippen LogP contribution is 2.09. The minimum Gasteiger partial charge on any atom is -0.401 e. The summed E-state index contributed by atoms with van der Waals surface area (Å²) in [6.07, 6.45) is 0. The number of hydrogen-bond donors (Lipinski definition) is 0. The van der Waals surface area contributed by atoms with E-state index in [4.69, 9.17) is 9.31 Å². The van der Waals surface area contributed by atoms with E-state index in [9.17, 15) is 0 Å². The third kappa shape index (κ3) is 7.89. The van der Waals surface area contributed by atoms with E-state index in [1.165, 1.54) is 0 Å². The van der Waals surface area contributed by atoms with Gasteiger partial charge in [-0.25, -0.2) is 0 Å². The molecule has 0 aromatic heterocycles. The fourth-order valence-electron chi connectivity index (χ4n) is 0.710. The van der Waals surface area contributed by atoms with Gasteiger partial charge in [0.15, 0.2) is 0 Å². The Kier molecular flexibility index (Phi) is 5.86. The molecule has 0 spiro atoms. The summed E-state index contributed by atoms with van der Waals surface area (Å²) >= 11 is 0. The van der Waals surface area contributed by atoms with Crippen LogP contribution in [-0.2, 0) is 9.31 Å². The maximum atomic E-state index is 5.28. The van der Waals surface area contributed by atoms with Crippen LogP contribution in [0.3, 0.4) is 0 Å². The summed E-state index contributed by atoms with van der Waals surface area (Å²) in [5.41, 5.74) is 0.00640. The maximum Gasteiger partial charge on any atom is 0.550 e. The third-order valence-corrected chi connectivity index (χ3v) is 1.20. The molecule has 0 unspecified atom stereocenters. The Morgan fingerprint density at radius 2 is 1.54 bits per heavy atom. The summed E-state index contributed by atoms with van der Waals surface area (Å²) in [4.78, 5) is 0. The van der Waals surface area contributed by atoms with E-state index in [1.54, 1.807) is 0 Å². The van der Waals surface area contributed by atoms with Crippen LogP contribution in [-0.4, -0.2) is 20.3 Å². The summed E-state index contributed by atoms with van der Waals surface area (Å²) in [5, 5.41) is 0. The summed E-state index contributed by atoms with van der Waals surface area (Å²) in [6.45, 7) is 11.3. The fourth-order valence-corrected chi connectivity index (χ4v) is 0.710. The van der Waals surface area contributed by atoms with E-state index < -0.39 is 0 Å². The van der Waals surface area contributed by atoms with Gasteiger partial charge in [-0.15, -0.1) is 5.92 Å². The topological polar surface area (TPSA) is 18.5 Å². The van der Waals surface area contributed by atoms with Crippen LogP contribution in [0.4, 0.5) is 0 Å². The van der Waals surface area contributed by atoms with Crippen LogP contribution >= 0.6 is 0 Å². The first-order valence-electron chi connectivity index (χ1n) is 4.75. The predicted molar refractivity (Wildman–Crippen MR) is 56.2 cm³/mol. The van der Waals surface area contributed by atoms with Gasteiger partial charge in [0.05, 0.1) is 0 Å². The van der Waals surface area contributed by atoms with E-state index in [1.807, 2.05) is 13.8 Å². The van der Waals surface area contributed by atoms with E-state index in [2.05, 4.69) is 32.5 Å². The van der Waals surface area contributed by atoms with Gasteiger partial charge in [-0.2, -0.15) is 0 Å². The zero-order valence-electron chi connectivity index (χ0n) is 9.31. The van der Waals surface area contributed by atoms with Crippen molar-refractivity contribution in [3.05, 3.63) is 0 Å². The molecule has 0 aliphatic heterocycles. The van der Waals surface area contributed by atoms with Crippen molar-refractivity contribution in [3.8, 4) is 11.7 Å². The van der Waals surface area contributed by atoms with Gasteiger partial charge in [0.2, 0.25) is 0 Å². The van der Waals surface area contributed by atoms with Crippen LogP contribution in [0.15, 0.2) is 0 Å². The molecule has 0 heterocycles. The van der Waals surface area contributed by atoms with Crippen molar-refractivity contribution in [1.29, 1.82) is 0 Å². The summed E-state index contributed by atoms with van der Waals surface area (Å²) in [6, 6.07) is 0. The van der Waals surface area contributed by atoms with E-state index in [-0.39, 0.29) is 12.5 Å². The second kappa shape index (κ2) is 6.07. The van der Waals surface area contributed by atoms with Gasteiger partial charge < -0.3 is 9.31 Å². The lowest BCUT2D eigenvalue weighted by Gasteiger charge is -2.09. The second-order valence-electron chi connectivity index (χ2n) is 3.76. The van der Waals surface area contributed by atoms with Crippen LogP contribution in [0.2, 0.25) is 0 Å². The Morgan fingerprint density at radius 3 is 1.85 bits per heavy atom. The Morgan fingerprint density at radius 1 is 1.08 bits per heavy atom. The van der Waals surface area contributed by atoms with Crippen LogP contribution in [0, 0.1) is 17.2 Å². The highest BCUT2D eigenvalue weighted by Gasteiger charge is 2.14. The quantitative estimate of drug-likeness (QED) is 0.489. The van der Waals surface area contributed by atoms with Crippen LogP contribution in [0.5, 0.6) is 0 Å². The first-order chi connectivity index (χ1) is 5.99. The molecule has 74 valence electrons. The molecule has 0 fully saturated rings. The molecule has 3 heteroatoms. The van der Waals surface area contributed by atoms with Crippen molar-refractivity contribution in [2.75, 3.05) is 13.2 Å². The minimum atomic E-state index is -0.366. The Bertz CT molecular complexity index is 179. The highest BCUT2D eigenvalue weighted by atomic mass is 16.6. The van der Waals surface area contributed by atoms with Crippen molar-refractivity contribution in [1.82, 2.24) is 0 Å². The van der Waals surface area contributed by atoms with Crippen molar-refractivity contribution >= 4 is 7.12 Å². The van der Waals surface area contributed by atoms with Crippen molar-refractivity contribution in [2.45, 2.75) is 34.6 Å². The third-order valence-electron chi connectivity index (χ3n) is 1.20. The molecule has 0 N–H and O–H groups in total. The Hall–Kier alpha value is -0.455. The van der Waals surface area contributed by atoms with Gasteiger partial charge in [0, 0.05) is 18.6 Å². The molecule has 0 saturated carbocycles. The average molecular weight is 182 g/mol. The maximum absolute atomic E-state index is 5.28. The van der Waals surface area contributed by atoms with Gasteiger partial charge in [-0.3, -0.25) is 0 Å². The lowest BCUT2D eigenvalue weighted by molar-refractivity contribution is 0.226. The van der Waals surface area contributed by atoms with Crippen LogP contribution in [0.1, 0.15) is 34.6 Å². The number of rotatable bonds is 4. The van der Waals surface area contributed by atoms with E-state index in [0.29, 0.717) is 13.2 Å². The largest absolute Gasteiger partial charge is 0.550 e. The first-order valence-corrected chi connectivity index (χ1v) is 4.75. The standard InChI is InChI=1S/C10H19BO2/c1-6-12-11(13-7-2)9-8-10(3,4)5/h6-7H2,1-5H3. The molecular weight excluding hydrogens is 163 g/mol.